The third kappa shape index (κ3) is 3.80. The molecule has 2 saturated heterocycles. The van der Waals surface area contributed by atoms with Crippen LogP contribution in [-0.4, -0.2) is 51.7 Å². The molecule has 26 heavy (non-hydrogen) atoms. The minimum absolute atomic E-state index is 0.216. The number of carbonyl (C=O) groups excluding carboxylic acids is 1. The van der Waals surface area contributed by atoms with Crippen molar-refractivity contribution in [3.8, 4) is 5.69 Å². The second kappa shape index (κ2) is 7.58. The highest BCUT2D eigenvalue weighted by Crippen LogP contribution is 2.24. The molecular weight excluding hydrogens is 331 g/mol. The highest BCUT2D eigenvalue weighted by molar-refractivity contribution is 5.78. The van der Waals surface area contributed by atoms with Crippen molar-refractivity contribution >= 4 is 5.91 Å². The summed E-state index contributed by atoms with van der Waals surface area (Å²) in [5.74, 6) is 0.591. The van der Waals surface area contributed by atoms with Gasteiger partial charge in [-0.15, -0.1) is 0 Å². The SMILES string of the molecule is O=C1CCCN1C[C@@H]1CCCN(Cc2cc(F)ccc2-n2cccn2)C1. The van der Waals surface area contributed by atoms with Crippen molar-refractivity contribution < 1.29 is 9.18 Å². The number of rotatable bonds is 5. The van der Waals surface area contributed by atoms with Gasteiger partial charge in [0.05, 0.1) is 5.69 Å². The van der Waals surface area contributed by atoms with Crippen LogP contribution in [0, 0.1) is 11.7 Å². The average molecular weight is 356 g/mol. The minimum Gasteiger partial charge on any atom is -0.342 e. The summed E-state index contributed by atoms with van der Waals surface area (Å²) in [5, 5.41) is 4.29. The van der Waals surface area contributed by atoms with Gasteiger partial charge >= 0.3 is 0 Å². The van der Waals surface area contributed by atoms with Crippen LogP contribution >= 0.6 is 0 Å². The number of halogens is 1. The van der Waals surface area contributed by atoms with E-state index in [0.717, 1.165) is 56.7 Å². The van der Waals surface area contributed by atoms with Crippen molar-refractivity contribution in [2.75, 3.05) is 26.2 Å². The molecule has 0 N–H and O–H groups in total. The molecule has 138 valence electrons. The van der Waals surface area contributed by atoms with E-state index >= 15 is 0 Å². The molecule has 0 saturated carbocycles. The average Bonchev–Trinajstić information content (AvgIpc) is 3.28. The molecule has 3 heterocycles. The molecule has 0 aliphatic carbocycles. The number of likely N-dealkylation sites (tertiary alicyclic amines) is 2. The van der Waals surface area contributed by atoms with Crippen molar-refractivity contribution in [1.82, 2.24) is 19.6 Å². The molecule has 5 nitrogen and oxygen atoms in total. The Balaban J connectivity index is 1.45. The van der Waals surface area contributed by atoms with Crippen molar-refractivity contribution in [1.29, 1.82) is 0 Å². The summed E-state index contributed by atoms with van der Waals surface area (Å²) in [4.78, 5) is 16.3. The smallest absolute Gasteiger partial charge is 0.222 e. The zero-order valence-electron chi connectivity index (χ0n) is 15.0. The third-order valence-electron chi connectivity index (χ3n) is 5.44. The maximum atomic E-state index is 13.8. The van der Waals surface area contributed by atoms with Crippen LogP contribution < -0.4 is 0 Å². The third-order valence-corrected chi connectivity index (χ3v) is 5.44. The molecule has 0 unspecified atom stereocenters. The summed E-state index contributed by atoms with van der Waals surface area (Å²) in [5.41, 5.74) is 1.87. The highest BCUT2D eigenvalue weighted by atomic mass is 19.1. The number of hydrogen-bond donors (Lipinski definition) is 0. The summed E-state index contributed by atoms with van der Waals surface area (Å²) in [6.07, 6.45) is 7.60. The van der Waals surface area contributed by atoms with E-state index in [9.17, 15) is 9.18 Å². The van der Waals surface area contributed by atoms with E-state index in [4.69, 9.17) is 0 Å². The molecular formula is C20H25FN4O. The Kier molecular flexibility index (Phi) is 5.02. The predicted octanol–water partition coefficient (Wildman–Crippen LogP) is 2.85. The van der Waals surface area contributed by atoms with Crippen LogP contribution in [0.5, 0.6) is 0 Å². The molecule has 0 bridgehead atoms. The monoisotopic (exact) mass is 356 g/mol. The Bertz CT molecular complexity index is 761. The van der Waals surface area contributed by atoms with Crippen LogP contribution in [0.1, 0.15) is 31.2 Å². The fourth-order valence-electron chi connectivity index (χ4n) is 4.21. The van der Waals surface area contributed by atoms with Crippen LogP contribution in [0.25, 0.3) is 5.69 Å². The number of carbonyl (C=O) groups is 1. The van der Waals surface area contributed by atoms with Gasteiger partial charge in [-0.1, -0.05) is 0 Å². The van der Waals surface area contributed by atoms with Gasteiger partial charge in [-0.3, -0.25) is 9.69 Å². The standard InChI is InChI=1S/C20H25FN4O/c21-18-6-7-19(25-11-3-8-22-25)17(12-18)15-23-9-1-4-16(13-23)14-24-10-2-5-20(24)26/h3,6-8,11-12,16H,1-2,4-5,9-10,13-15H2/t16-/m1/s1. The maximum absolute atomic E-state index is 13.8. The normalized spacial score (nSPS) is 21.5. The van der Waals surface area contributed by atoms with Crippen molar-refractivity contribution in [3.63, 3.8) is 0 Å². The highest BCUT2D eigenvalue weighted by Gasteiger charge is 2.27. The second-order valence-corrected chi connectivity index (χ2v) is 7.41. The van der Waals surface area contributed by atoms with Gasteiger partial charge in [0.15, 0.2) is 0 Å². The van der Waals surface area contributed by atoms with E-state index in [0.29, 0.717) is 24.8 Å². The molecule has 4 rings (SSSR count). The Morgan fingerprint density at radius 3 is 2.92 bits per heavy atom. The summed E-state index contributed by atoms with van der Waals surface area (Å²) in [6.45, 7) is 4.45. The van der Waals surface area contributed by atoms with Gasteiger partial charge in [0, 0.05) is 45.0 Å². The number of piperidine rings is 1. The Morgan fingerprint density at radius 1 is 1.23 bits per heavy atom. The number of aromatic nitrogens is 2. The van der Waals surface area contributed by atoms with E-state index in [1.165, 1.54) is 6.07 Å². The van der Waals surface area contributed by atoms with E-state index in [-0.39, 0.29) is 5.82 Å². The number of hydrogen-bond acceptors (Lipinski definition) is 3. The zero-order chi connectivity index (χ0) is 17.9. The lowest BCUT2D eigenvalue weighted by atomic mass is 9.96. The van der Waals surface area contributed by atoms with E-state index in [1.54, 1.807) is 23.0 Å². The maximum Gasteiger partial charge on any atom is 0.222 e. The predicted molar refractivity (Wildman–Crippen MR) is 97.3 cm³/mol. The second-order valence-electron chi connectivity index (χ2n) is 7.41. The van der Waals surface area contributed by atoms with E-state index in [2.05, 4.69) is 10.00 Å². The van der Waals surface area contributed by atoms with E-state index in [1.807, 2.05) is 17.2 Å². The van der Waals surface area contributed by atoms with Crippen LogP contribution in [-0.2, 0) is 11.3 Å². The first-order valence-electron chi connectivity index (χ1n) is 9.47. The summed E-state index contributed by atoms with van der Waals surface area (Å²) in [7, 11) is 0. The first-order chi connectivity index (χ1) is 12.7. The first kappa shape index (κ1) is 17.2. The zero-order valence-corrected chi connectivity index (χ0v) is 15.0. The van der Waals surface area contributed by atoms with Gasteiger partial charge in [-0.05, 0) is 61.6 Å². The van der Waals surface area contributed by atoms with Gasteiger partial charge in [0.2, 0.25) is 5.91 Å². The van der Waals surface area contributed by atoms with Crippen molar-refractivity contribution in [2.45, 2.75) is 32.2 Å². The van der Waals surface area contributed by atoms with Crippen LogP contribution in [0.3, 0.4) is 0 Å². The molecule has 1 amide bonds. The van der Waals surface area contributed by atoms with Gasteiger partial charge < -0.3 is 4.90 Å². The quantitative estimate of drug-likeness (QED) is 0.827. The molecule has 1 atom stereocenters. The molecule has 0 radical (unpaired) electrons. The lowest BCUT2D eigenvalue weighted by molar-refractivity contribution is -0.128. The number of nitrogens with zero attached hydrogens (tertiary/aromatic N) is 4. The first-order valence-corrected chi connectivity index (χ1v) is 9.47. The van der Waals surface area contributed by atoms with Gasteiger partial charge in [0.25, 0.3) is 0 Å². The molecule has 2 aliphatic heterocycles. The Morgan fingerprint density at radius 2 is 2.15 bits per heavy atom. The van der Waals surface area contributed by atoms with Crippen LogP contribution in [0.2, 0.25) is 0 Å². The summed E-state index contributed by atoms with van der Waals surface area (Å²) >= 11 is 0. The molecule has 6 heteroatoms. The van der Waals surface area contributed by atoms with Gasteiger partial charge in [0.1, 0.15) is 5.82 Å². The lowest BCUT2D eigenvalue weighted by Crippen LogP contribution is -2.41. The van der Waals surface area contributed by atoms with Gasteiger partial charge in [-0.2, -0.15) is 5.10 Å². The summed E-state index contributed by atoms with van der Waals surface area (Å²) < 4.78 is 15.6. The lowest BCUT2D eigenvalue weighted by Gasteiger charge is -2.35. The van der Waals surface area contributed by atoms with Crippen molar-refractivity contribution in [2.24, 2.45) is 5.92 Å². The molecule has 1 aromatic heterocycles. The fourth-order valence-corrected chi connectivity index (χ4v) is 4.21. The minimum atomic E-state index is -0.216. The Labute approximate surface area is 153 Å². The van der Waals surface area contributed by atoms with Crippen LogP contribution in [0.4, 0.5) is 4.39 Å². The summed E-state index contributed by atoms with van der Waals surface area (Å²) in [6, 6.07) is 6.77. The number of benzene rings is 1. The molecule has 0 spiro atoms. The Hall–Kier alpha value is -2.21. The van der Waals surface area contributed by atoms with Gasteiger partial charge in [-0.25, -0.2) is 9.07 Å². The molecule has 2 aliphatic rings. The molecule has 2 aromatic rings. The van der Waals surface area contributed by atoms with Crippen molar-refractivity contribution in [3.05, 3.63) is 48.0 Å². The molecule has 1 aromatic carbocycles. The number of amides is 1. The van der Waals surface area contributed by atoms with E-state index < -0.39 is 0 Å². The fraction of sp³-hybridized carbons (Fsp3) is 0.500. The topological polar surface area (TPSA) is 41.4 Å². The molecule has 2 fully saturated rings. The van der Waals surface area contributed by atoms with Crippen LogP contribution in [0.15, 0.2) is 36.7 Å². The largest absolute Gasteiger partial charge is 0.342 e.